The number of nitrogens with zero attached hydrogens (tertiary/aromatic N) is 1. The molecule has 0 radical (unpaired) electrons. The van der Waals surface area contributed by atoms with Crippen molar-refractivity contribution in [2.24, 2.45) is 0 Å². The summed E-state index contributed by atoms with van der Waals surface area (Å²) < 4.78 is 10.1. The number of carbonyl (C=O) groups is 2. The van der Waals surface area contributed by atoms with Crippen molar-refractivity contribution < 1.29 is 24.0 Å². The summed E-state index contributed by atoms with van der Waals surface area (Å²) in [4.78, 5) is 35.3. The number of nitrogens with one attached hydrogen (secondary N) is 1. The van der Waals surface area contributed by atoms with Crippen LogP contribution in [0.1, 0.15) is 35.1 Å². The van der Waals surface area contributed by atoms with E-state index in [1.165, 1.54) is 23.5 Å². The smallest absolute Gasteiger partial charge is 0.338 e. The minimum absolute atomic E-state index is 0.0285. The number of rotatable bonds is 8. The van der Waals surface area contributed by atoms with Gasteiger partial charge in [-0.2, -0.15) is 0 Å². The lowest BCUT2D eigenvalue weighted by atomic mass is 10.2. The van der Waals surface area contributed by atoms with Crippen LogP contribution in [0.15, 0.2) is 35.7 Å². The Morgan fingerprint density at radius 3 is 2.73 bits per heavy atom. The Bertz CT molecular complexity index is 791. The van der Waals surface area contributed by atoms with E-state index in [9.17, 15) is 19.7 Å². The highest BCUT2D eigenvalue weighted by Gasteiger charge is 2.20. The van der Waals surface area contributed by atoms with Gasteiger partial charge in [-0.3, -0.25) is 14.9 Å². The maximum atomic E-state index is 12.0. The molecule has 138 valence electrons. The van der Waals surface area contributed by atoms with Gasteiger partial charge in [-0.05, 0) is 37.4 Å². The van der Waals surface area contributed by atoms with Crippen LogP contribution >= 0.6 is 11.3 Å². The number of nitro groups is 1. The number of nitro benzene ring substituents is 1. The fourth-order valence-corrected chi connectivity index (χ4v) is 2.91. The summed E-state index contributed by atoms with van der Waals surface area (Å²) in [5, 5.41) is 15.7. The maximum absolute atomic E-state index is 12.0. The largest absolute Gasteiger partial charge is 0.487 e. The highest BCUT2D eigenvalue weighted by atomic mass is 32.1. The summed E-state index contributed by atoms with van der Waals surface area (Å²) in [6.07, 6.45) is 0. The number of amides is 1. The standard InChI is InChI=1S/C17H18N2O6S/c1-3-24-14-7-6-12(9-13(14)19(22)23)17(21)25-10-16(20)18-11(2)15-5-4-8-26-15/h4-9,11H,3,10H2,1-2H3,(H,18,20)/t11-/m0/s1. The van der Waals surface area contributed by atoms with E-state index in [1.54, 1.807) is 6.92 Å². The molecule has 0 fully saturated rings. The number of hydrogen-bond donors (Lipinski definition) is 1. The van der Waals surface area contributed by atoms with Crippen LogP contribution < -0.4 is 10.1 Å². The van der Waals surface area contributed by atoms with Gasteiger partial charge in [0.15, 0.2) is 12.4 Å². The molecule has 1 heterocycles. The third-order valence-corrected chi connectivity index (χ3v) is 4.43. The van der Waals surface area contributed by atoms with Crippen molar-refractivity contribution in [1.29, 1.82) is 0 Å². The van der Waals surface area contributed by atoms with Gasteiger partial charge in [0, 0.05) is 10.9 Å². The Morgan fingerprint density at radius 1 is 1.35 bits per heavy atom. The number of benzene rings is 1. The minimum Gasteiger partial charge on any atom is -0.487 e. The molecule has 0 aliphatic rings. The average molecular weight is 378 g/mol. The summed E-state index contributed by atoms with van der Waals surface area (Å²) in [6, 6.07) is 7.32. The summed E-state index contributed by atoms with van der Waals surface area (Å²) in [7, 11) is 0. The molecule has 9 heteroatoms. The molecule has 1 aromatic heterocycles. The van der Waals surface area contributed by atoms with Crippen molar-refractivity contribution in [2.75, 3.05) is 13.2 Å². The molecule has 0 aliphatic heterocycles. The molecular weight excluding hydrogens is 360 g/mol. The molecule has 1 atom stereocenters. The van der Waals surface area contributed by atoms with Gasteiger partial charge in [0.2, 0.25) is 0 Å². The van der Waals surface area contributed by atoms with E-state index in [0.29, 0.717) is 0 Å². The Morgan fingerprint density at radius 2 is 2.12 bits per heavy atom. The summed E-state index contributed by atoms with van der Waals surface area (Å²) in [5.41, 5.74) is -0.365. The molecule has 1 N–H and O–H groups in total. The quantitative estimate of drug-likeness (QED) is 0.430. The second-order valence-electron chi connectivity index (χ2n) is 5.25. The molecule has 8 nitrogen and oxygen atoms in total. The third kappa shape index (κ3) is 5.03. The van der Waals surface area contributed by atoms with Crippen LogP contribution in [0.3, 0.4) is 0 Å². The molecule has 26 heavy (non-hydrogen) atoms. The predicted molar refractivity (Wildman–Crippen MR) is 95.4 cm³/mol. The van der Waals surface area contributed by atoms with Crippen LogP contribution in [0.25, 0.3) is 0 Å². The fourth-order valence-electron chi connectivity index (χ4n) is 2.17. The Balaban J connectivity index is 1.96. The zero-order valence-electron chi connectivity index (χ0n) is 14.3. The lowest BCUT2D eigenvalue weighted by Crippen LogP contribution is -2.30. The number of ether oxygens (including phenoxy) is 2. The van der Waals surface area contributed by atoms with Crippen molar-refractivity contribution in [3.8, 4) is 5.75 Å². The van der Waals surface area contributed by atoms with Crippen LogP contribution in [-0.2, 0) is 9.53 Å². The van der Waals surface area contributed by atoms with E-state index in [-0.39, 0.29) is 29.6 Å². The lowest BCUT2D eigenvalue weighted by molar-refractivity contribution is -0.385. The third-order valence-electron chi connectivity index (χ3n) is 3.37. The van der Waals surface area contributed by atoms with Gasteiger partial charge in [0.05, 0.1) is 23.1 Å². The molecule has 1 aromatic carbocycles. The highest BCUT2D eigenvalue weighted by Crippen LogP contribution is 2.28. The van der Waals surface area contributed by atoms with E-state index >= 15 is 0 Å². The van der Waals surface area contributed by atoms with Gasteiger partial charge >= 0.3 is 11.7 Å². The van der Waals surface area contributed by atoms with Crippen LogP contribution in [0, 0.1) is 10.1 Å². The van der Waals surface area contributed by atoms with Crippen molar-refractivity contribution in [3.63, 3.8) is 0 Å². The average Bonchev–Trinajstić information content (AvgIpc) is 3.15. The van der Waals surface area contributed by atoms with Gasteiger partial charge < -0.3 is 14.8 Å². The molecule has 0 saturated heterocycles. The number of hydrogen-bond acceptors (Lipinski definition) is 7. The van der Waals surface area contributed by atoms with Gasteiger partial charge in [-0.25, -0.2) is 4.79 Å². The second kappa shape index (κ2) is 8.95. The van der Waals surface area contributed by atoms with E-state index in [1.807, 2.05) is 24.4 Å². The van der Waals surface area contributed by atoms with Gasteiger partial charge in [-0.1, -0.05) is 6.07 Å². The van der Waals surface area contributed by atoms with Crippen molar-refractivity contribution in [2.45, 2.75) is 19.9 Å². The van der Waals surface area contributed by atoms with E-state index in [4.69, 9.17) is 9.47 Å². The molecule has 2 aromatic rings. The molecule has 0 aliphatic carbocycles. The normalized spacial score (nSPS) is 11.5. The summed E-state index contributed by atoms with van der Waals surface area (Å²) in [6.45, 7) is 3.30. The SMILES string of the molecule is CCOc1ccc(C(=O)OCC(=O)N[C@@H](C)c2cccs2)cc1[N+](=O)[O-]. The van der Waals surface area contributed by atoms with Crippen LogP contribution in [0.4, 0.5) is 5.69 Å². The molecule has 0 unspecified atom stereocenters. The molecule has 1 amide bonds. The first-order valence-electron chi connectivity index (χ1n) is 7.83. The molecule has 0 spiro atoms. The van der Waals surface area contributed by atoms with Crippen LogP contribution in [0.5, 0.6) is 5.75 Å². The molecule has 0 saturated carbocycles. The van der Waals surface area contributed by atoms with Crippen LogP contribution in [0.2, 0.25) is 0 Å². The van der Waals surface area contributed by atoms with Crippen LogP contribution in [-0.4, -0.2) is 30.0 Å². The number of esters is 1. The fraction of sp³-hybridized carbons (Fsp3) is 0.294. The molecular formula is C17H18N2O6S. The molecule has 0 bridgehead atoms. The monoisotopic (exact) mass is 378 g/mol. The maximum Gasteiger partial charge on any atom is 0.338 e. The predicted octanol–water partition coefficient (Wildman–Crippen LogP) is 3.09. The zero-order valence-corrected chi connectivity index (χ0v) is 15.1. The second-order valence-corrected chi connectivity index (χ2v) is 6.23. The minimum atomic E-state index is -0.824. The Labute approximate surface area is 153 Å². The van der Waals surface area contributed by atoms with Gasteiger partial charge in [-0.15, -0.1) is 11.3 Å². The topological polar surface area (TPSA) is 108 Å². The first-order chi connectivity index (χ1) is 12.4. The summed E-state index contributed by atoms with van der Waals surface area (Å²) >= 11 is 1.51. The van der Waals surface area contributed by atoms with E-state index in [2.05, 4.69) is 5.32 Å². The van der Waals surface area contributed by atoms with Crippen molar-refractivity contribution in [3.05, 3.63) is 56.3 Å². The first-order valence-corrected chi connectivity index (χ1v) is 8.71. The molecule has 2 rings (SSSR count). The van der Waals surface area contributed by atoms with Gasteiger partial charge in [0.25, 0.3) is 5.91 Å². The summed E-state index contributed by atoms with van der Waals surface area (Å²) in [5.74, 6) is -1.22. The van der Waals surface area contributed by atoms with E-state index in [0.717, 1.165) is 10.9 Å². The van der Waals surface area contributed by atoms with Crippen molar-refractivity contribution >= 4 is 28.9 Å². The zero-order chi connectivity index (χ0) is 19.1. The number of carbonyl (C=O) groups excluding carboxylic acids is 2. The highest BCUT2D eigenvalue weighted by molar-refractivity contribution is 7.10. The Hall–Kier alpha value is -2.94. The van der Waals surface area contributed by atoms with Crippen molar-refractivity contribution in [1.82, 2.24) is 5.32 Å². The Kier molecular flexibility index (Phi) is 6.67. The van der Waals surface area contributed by atoms with E-state index < -0.39 is 23.4 Å². The lowest BCUT2D eigenvalue weighted by Gasteiger charge is -2.12. The first kappa shape index (κ1) is 19.4. The number of thiophene rings is 1. The van der Waals surface area contributed by atoms with Gasteiger partial charge in [0.1, 0.15) is 0 Å².